The number of fused-ring (bicyclic) bond motifs is 1. The van der Waals surface area contributed by atoms with Gasteiger partial charge in [-0.2, -0.15) is 5.10 Å². The zero-order chi connectivity index (χ0) is 24.2. The fourth-order valence-corrected chi connectivity index (χ4v) is 4.20. The molecule has 0 N–H and O–H groups in total. The number of aromatic nitrogens is 3. The van der Waals surface area contributed by atoms with Crippen LogP contribution in [0.1, 0.15) is 21.5 Å². The van der Waals surface area contributed by atoms with Gasteiger partial charge in [0, 0.05) is 37.7 Å². The first-order valence-corrected chi connectivity index (χ1v) is 11.4. The van der Waals surface area contributed by atoms with E-state index in [2.05, 4.69) is 17.1 Å². The normalized spacial score (nSPS) is 10.9. The van der Waals surface area contributed by atoms with Crippen LogP contribution in [0, 0.1) is 0 Å². The molecule has 0 spiro atoms. The van der Waals surface area contributed by atoms with E-state index >= 15 is 0 Å². The average Bonchev–Trinajstić information content (AvgIpc) is 3.32. The summed E-state index contributed by atoms with van der Waals surface area (Å²) in [7, 11) is 3.49. The van der Waals surface area contributed by atoms with E-state index in [1.165, 1.54) is 0 Å². The van der Waals surface area contributed by atoms with Gasteiger partial charge in [-0.25, -0.2) is 0 Å². The van der Waals surface area contributed by atoms with Gasteiger partial charge in [-0.3, -0.25) is 14.5 Å². The molecule has 0 aliphatic rings. The molecule has 0 aliphatic carbocycles. The molecule has 6 heteroatoms. The van der Waals surface area contributed by atoms with Crippen LogP contribution in [0.15, 0.2) is 97.5 Å². The molecular formula is C29H26N4O2. The quantitative estimate of drug-likeness (QED) is 0.324. The molecular weight excluding hydrogens is 436 g/mol. The molecule has 0 atom stereocenters. The highest BCUT2D eigenvalue weighted by molar-refractivity contribution is 5.99. The first-order chi connectivity index (χ1) is 17.1. The molecule has 0 unspecified atom stereocenters. The molecule has 2 heterocycles. The Labute approximate surface area is 204 Å². The van der Waals surface area contributed by atoms with Gasteiger partial charge in [0.2, 0.25) is 0 Å². The van der Waals surface area contributed by atoms with Gasteiger partial charge in [0.05, 0.1) is 19.2 Å². The number of ether oxygens (including phenoxy) is 1. The molecule has 6 nitrogen and oxygen atoms in total. The number of methoxy groups -OCH3 is 1. The zero-order valence-corrected chi connectivity index (χ0v) is 19.8. The molecule has 0 fully saturated rings. The van der Waals surface area contributed by atoms with E-state index in [0.29, 0.717) is 24.3 Å². The first-order valence-electron chi connectivity index (χ1n) is 11.4. The minimum Gasteiger partial charge on any atom is -0.497 e. The molecule has 0 saturated carbocycles. The van der Waals surface area contributed by atoms with E-state index in [9.17, 15) is 4.79 Å². The van der Waals surface area contributed by atoms with Crippen molar-refractivity contribution in [2.75, 3.05) is 14.2 Å². The van der Waals surface area contributed by atoms with Gasteiger partial charge in [0.1, 0.15) is 11.4 Å². The lowest BCUT2D eigenvalue weighted by Crippen LogP contribution is -2.26. The number of rotatable bonds is 7. The standard InChI is InChI=1S/C29H26N4O2/c1-32(18-22-10-11-24-16-26(35-2)13-12-23(24)15-22)29(34)27-20-33(19-21-7-4-3-5-8-21)31-28(27)25-9-6-14-30-17-25/h3-17,20H,18-19H2,1-2H3. The van der Waals surface area contributed by atoms with Gasteiger partial charge in [-0.1, -0.05) is 48.5 Å². The summed E-state index contributed by atoms with van der Waals surface area (Å²) >= 11 is 0. The third kappa shape index (κ3) is 4.92. The summed E-state index contributed by atoms with van der Waals surface area (Å²) in [4.78, 5) is 19.5. The van der Waals surface area contributed by atoms with E-state index in [-0.39, 0.29) is 5.91 Å². The number of nitrogens with zero attached hydrogens (tertiary/aromatic N) is 4. The van der Waals surface area contributed by atoms with Gasteiger partial charge in [0.25, 0.3) is 5.91 Å². The number of carbonyl (C=O) groups is 1. The minimum absolute atomic E-state index is 0.0852. The Bertz CT molecular complexity index is 1460. The second kappa shape index (κ2) is 9.81. The molecule has 0 aliphatic heterocycles. The second-order valence-electron chi connectivity index (χ2n) is 8.52. The largest absolute Gasteiger partial charge is 0.497 e. The van der Waals surface area contributed by atoms with E-state index in [0.717, 1.165) is 33.2 Å². The van der Waals surface area contributed by atoms with Crippen LogP contribution in [0.4, 0.5) is 0 Å². The summed E-state index contributed by atoms with van der Waals surface area (Å²) in [5.41, 5.74) is 4.18. The molecule has 174 valence electrons. The van der Waals surface area contributed by atoms with Crippen molar-refractivity contribution in [3.63, 3.8) is 0 Å². The third-order valence-corrected chi connectivity index (χ3v) is 5.99. The highest BCUT2D eigenvalue weighted by Gasteiger charge is 2.21. The maximum atomic E-state index is 13.6. The van der Waals surface area contributed by atoms with Crippen LogP contribution < -0.4 is 4.74 Å². The first kappa shape index (κ1) is 22.3. The number of benzene rings is 3. The van der Waals surface area contributed by atoms with Gasteiger partial charge < -0.3 is 9.64 Å². The number of hydrogen-bond donors (Lipinski definition) is 0. The van der Waals surface area contributed by atoms with E-state index in [4.69, 9.17) is 9.84 Å². The fourth-order valence-electron chi connectivity index (χ4n) is 4.20. The monoisotopic (exact) mass is 462 g/mol. The Kier molecular flexibility index (Phi) is 6.26. The molecule has 0 bridgehead atoms. The summed E-state index contributed by atoms with van der Waals surface area (Å²) in [6, 6.07) is 26.1. The second-order valence-corrected chi connectivity index (χ2v) is 8.52. The highest BCUT2D eigenvalue weighted by Crippen LogP contribution is 2.25. The fraction of sp³-hybridized carbons (Fsp3) is 0.138. The Morgan fingerprint density at radius 1 is 0.943 bits per heavy atom. The van der Waals surface area contributed by atoms with Crippen molar-refractivity contribution in [2.45, 2.75) is 13.1 Å². The third-order valence-electron chi connectivity index (χ3n) is 5.99. The lowest BCUT2D eigenvalue weighted by Gasteiger charge is -2.17. The SMILES string of the molecule is COc1ccc2cc(CN(C)C(=O)c3cn(Cc4ccccc4)nc3-c3cccnc3)ccc2c1. The molecule has 0 saturated heterocycles. The lowest BCUT2D eigenvalue weighted by molar-refractivity contribution is 0.0786. The smallest absolute Gasteiger partial charge is 0.257 e. The maximum Gasteiger partial charge on any atom is 0.257 e. The van der Waals surface area contributed by atoms with Gasteiger partial charge >= 0.3 is 0 Å². The zero-order valence-electron chi connectivity index (χ0n) is 19.8. The molecule has 3 aromatic carbocycles. The van der Waals surface area contributed by atoms with Crippen molar-refractivity contribution in [3.8, 4) is 17.0 Å². The summed E-state index contributed by atoms with van der Waals surface area (Å²) in [5, 5.41) is 6.97. The Morgan fingerprint density at radius 2 is 1.74 bits per heavy atom. The Balaban J connectivity index is 1.42. The number of amides is 1. The van der Waals surface area contributed by atoms with Crippen molar-refractivity contribution in [2.24, 2.45) is 0 Å². The van der Waals surface area contributed by atoms with Crippen molar-refractivity contribution in [1.29, 1.82) is 0 Å². The minimum atomic E-state index is -0.0852. The molecule has 1 amide bonds. The van der Waals surface area contributed by atoms with Crippen molar-refractivity contribution in [1.82, 2.24) is 19.7 Å². The highest BCUT2D eigenvalue weighted by atomic mass is 16.5. The van der Waals surface area contributed by atoms with Crippen LogP contribution in [0.5, 0.6) is 5.75 Å². The number of carbonyl (C=O) groups excluding carboxylic acids is 1. The van der Waals surface area contributed by atoms with Crippen LogP contribution in [0.3, 0.4) is 0 Å². The molecule has 5 rings (SSSR count). The van der Waals surface area contributed by atoms with Crippen molar-refractivity contribution in [3.05, 3.63) is 114 Å². The number of hydrogen-bond acceptors (Lipinski definition) is 4. The van der Waals surface area contributed by atoms with Gasteiger partial charge in [-0.15, -0.1) is 0 Å². The van der Waals surface area contributed by atoms with Crippen LogP contribution in [0.25, 0.3) is 22.0 Å². The molecule has 5 aromatic rings. The number of pyridine rings is 1. The van der Waals surface area contributed by atoms with E-state index in [1.54, 1.807) is 24.4 Å². The Morgan fingerprint density at radius 3 is 2.51 bits per heavy atom. The summed E-state index contributed by atoms with van der Waals surface area (Å²) in [6.07, 6.45) is 5.29. The summed E-state index contributed by atoms with van der Waals surface area (Å²) < 4.78 is 7.14. The maximum absolute atomic E-state index is 13.6. The van der Waals surface area contributed by atoms with Gasteiger partial charge in [-0.05, 0) is 52.2 Å². The van der Waals surface area contributed by atoms with Crippen molar-refractivity contribution < 1.29 is 9.53 Å². The predicted molar refractivity (Wildman–Crippen MR) is 137 cm³/mol. The van der Waals surface area contributed by atoms with Crippen LogP contribution >= 0.6 is 0 Å². The Hall–Kier alpha value is -4.45. The van der Waals surface area contributed by atoms with Crippen LogP contribution in [0.2, 0.25) is 0 Å². The topological polar surface area (TPSA) is 60.2 Å². The van der Waals surface area contributed by atoms with E-state index in [1.807, 2.05) is 84.7 Å². The summed E-state index contributed by atoms with van der Waals surface area (Å²) in [6.45, 7) is 1.07. The molecule has 0 radical (unpaired) electrons. The predicted octanol–water partition coefficient (Wildman–Crippen LogP) is 5.43. The van der Waals surface area contributed by atoms with E-state index < -0.39 is 0 Å². The average molecular weight is 463 g/mol. The molecule has 2 aromatic heterocycles. The lowest BCUT2D eigenvalue weighted by atomic mass is 10.1. The molecule has 35 heavy (non-hydrogen) atoms. The van der Waals surface area contributed by atoms with Crippen molar-refractivity contribution >= 4 is 16.7 Å². The van der Waals surface area contributed by atoms with Crippen LogP contribution in [-0.4, -0.2) is 39.7 Å². The van der Waals surface area contributed by atoms with Gasteiger partial charge in [0.15, 0.2) is 0 Å². The van der Waals surface area contributed by atoms with Crippen LogP contribution in [-0.2, 0) is 13.1 Å². The summed E-state index contributed by atoms with van der Waals surface area (Å²) in [5.74, 6) is 0.742.